The second-order valence-electron chi connectivity index (χ2n) is 10.5. The van der Waals surface area contributed by atoms with Crippen LogP contribution in [0.2, 0.25) is 0 Å². The molecule has 5 aromatic rings. The summed E-state index contributed by atoms with van der Waals surface area (Å²) in [6.07, 6.45) is 1.85. The Morgan fingerprint density at radius 1 is 0.976 bits per heavy atom. The summed E-state index contributed by atoms with van der Waals surface area (Å²) < 4.78 is 4.63. The van der Waals surface area contributed by atoms with Crippen LogP contribution < -0.4 is 21.9 Å². The third kappa shape index (κ3) is 4.78. The average molecular weight is 549 g/mol. The Morgan fingerprint density at radius 3 is 2.46 bits per heavy atom. The summed E-state index contributed by atoms with van der Waals surface area (Å²) in [5.41, 5.74) is 10.7. The molecule has 1 fully saturated rings. The van der Waals surface area contributed by atoms with Crippen molar-refractivity contribution in [2.75, 3.05) is 18.0 Å². The highest BCUT2D eigenvalue weighted by atomic mass is 16.2. The van der Waals surface area contributed by atoms with E-state index in [4.69, 9.17) is 10.7 Å². The predicted molar refractivity (Wildman–Crippen MR) is 161 cm³/mol. The van der Waals surface area contributed by atoms with Gasteiger partial charge in [-0.15, -0.1) is 5.92 Å². The molecule has 0 aliphatic carbocycles. The van der Waals surface area contributed by atoms with Gasteiger partial charge in [0.15, 0.2) is 11.2 Å². The second-order valence-corrected chi connectivity index (χ2v) is 10.5. The van der Waals surface area contributed by atoms with E-state index in [0.717, 1.165) is 47.4 Å². The quantitative estimate of drug-likeness (QED) is 0.336. The third-order valence-corrected chi connectivity index (χ3v) is 7.66. The van der Waals surface area contributed by atoms with Crippen LogP contribution in [-0.4, -0.2) is 47.8 Å². The number of nitrogens with two attached hydrogens (primary N) is 1. The summed E-state index contributed by atoms with van der Waals surface area (Å²) in [6, 6.07) is 14.9. The van der Waals surface area contributed by atoms with Crippen LogP contribution in [0.5, 0.6) is 0 Å². The van der Waals surface area contributed by atoms with Crippen LogP contribution in [0, 0.1) is 25.7 Å². The fourth-order valence-corrected chi connectivity index (χ4v) is 5.47. The van der Waals surface area contributed by atoms with Crippen molar-refractivity contribution >= 4 is 28.1 Å². The van der Waals surface area contributed by atoms with E-state index in [1.165, 1.54) is 9.13 Å². The lowest BCUT2D eigenvalue weighted by Gasteiger charge is -2.31. The van der Waals surface area contributed by atoms with Crippen molar-refractivity contribution in [2.24, 2.45) is 5.73 Å². The number of piperidine rings is 1. The Bertz CT molecular complexity index is 1960. The molecule has 0 spiro atoms. The van der Waals surface area contributed by atoms with Gasteiger partial charge in [0.1, 0.15) is 0 Å². The summed E-state index contributed by atoms with van der Waals surface area (Å²) >= 11 is 0. The molecule has 41 heavy (non-hydrogen) atoms. The Kier molecular flexibility index (Phi) is 6.89. The fourth-order valence-electron chi connectivity index (χ4n) is 5.47. The van der Waals surface area contributed by atoms with Crippen LogP contribution in [0.1, 0.15) is 36.7 Å². The third-order valence-electron chi connectivity index (χ3n) is 7.66. The molecular weight excluding hydrogens is 516 g/mol. The minimum absolute atomic E-state index is 0.00525. The number of para-hydroxylation sites is 1. The van der Waals surface area contributed by atoms with Crippen LogP contribution in [0.4, 0.5) is 5.95 Å². The second kappa shape index (κ2) is 10.7. The molecule has 208 valence electrons. The number of rotatable bonds is 5. The van der Waals surface area contributed by atoms with Gasteiger partial charge in [-0.2, -0.15) is 4.98 Å². The van der Waals surface area contributed by atoms with Crippen LogP contribution in [0.15, 0.2) is 58.1 Å². The number of anilines is 1. The highest BCUT2D eigenvalue weighted by molar-refractivity contribution is 5.77. The Labute approximate surface area is 237 Å². The molecule has 1 aliphatic rings. The summed E-state index contributed by atoms with van der Waals surface area (Å²) in [7, 11) is 0. The first kappa shape index (κ1) is 26.5. The first-order chi connectivity index (χ1) is 19.9. The number of hydrogen-bond acceptors (Lipinski definition) is 7. The molecule has 10 heteroatoms. The van der Waals surface area contributed by atoms with Crippen LogP contribution in [0.25, 0.3) is 27.9 Å². The van der Waals surface area contributed by atoms with Gasteiger partial charge in [0.2, 0.25) is 5.95 Å². The smallest absolute Gasteiger partial charge is 0.337 e. The molecule has 3 aromatic heterocycles. The zero-order chi connectivity index (χ0) is 28.7. The molecule has 0 bridgehead atoms. The van der Waals surface area contributed by atoms with Gasteiger partial charge in [0, 0.05) is 19.1 Å². The molecule has 1 unspecified atom stereocenters. The lowest BCUT2D eigenvalue weighted by Crippen LogP contribution is -2.44. The molecular formula is C31H32N8O2. The molecule has 1 atom stereocenters. The van der Waals surface area contributed by atoms with Crippen LogP contribution >= 0.6 is 0 Å². The Morgan fingerprint density at radius 2 is 1.73 bits per heavy atom. The van der Waals surface area contributed by atoms with Gasteiger partial charge >= 0.3 is 5.69 Å². The molecule has 2 aromatic carbocycles. The monoisotopic (exact) mass is 548 g/mol. The zero-order valence-corrected chi connectivity index (χ0v) is 23.5. The van der Waals surface area contributed by atoms with Gasteiger partial charge in [-0.05, 0) is 63.4 Å². The van der Waals surface area contributed by atoms with Crippen molar-refractivity contribution in [1.82, 2.24) is 28.7 Å². The first-order valence-electron chi connectivity index (χ1n) is 13.8. The minimum atomic E-state index is -0.465. The molecule has 10 nitrogen and oxygen atoms in total. The van der Waals surface area contributed by atoms with E-state index in [2.05, 4.69) is 26.7 Å². The van der Waals surface area contributed by atoms with Crippen molar-refractivity contribution in [2.45, 2.75) is 52.7 Å². The molecule has 4 heterocycles. The van der Waals surface area contributed by atoms with E-state index in [0.29, 0.717) is 29.3 Å². The van der Waals surface area contributed by atoms with Gasteiger partial charge in [0.05, 0.1) is 41.2 Å². The standard InChI is InChI=1S/C31H32N8O2/c1-4-5-16-37-27-28(35-30(37)36-15-9-10-23(32)19-36)39(24-11-7-6-8-12-24)31(41)38(29(27)40)18-22-13-14-25-26(17-22)34-21(3)20(2)33-25/h6-8,11-14,17,23H,9-10,15-16,18-19,32H2,1-3H3. The lowest BCUT2D eigenvalue weighted by atomic mass is 10.1. The van der Waals surface area contributed by atoms with E-state index >= 15 is 0 Å². The van der Waals surface area contributed by atoms with Crippen molar-refractivity contribution < 1.29 is 0 Å². The van der Waals surface area contributed by atoms with Gasteiger partial charge < -0.3 is 10.6 Å². The summed E-state index contributed by atoms with van der Waals surface area (Å²) in [6.45, 7) is 7.31. The SMILES string of the molecule is CC#CCn1c(N2CCCC(N)C2)nc2c1c(=O)n(Cc1ccc3nc(C)c(C)nc3c1)c(=O)n2-c1ccccc1. The largest absolute Gasteiger partial charge is 0.341 e. The zero-order valence-electron chi connectivity index (χ0n) is 23.5. The van der Waals surface area contributed by atoms with Crippen LogP contribution in [0.3, 0.4) is 0 Å². The van der Waals surface area contributed by atoms with Crippen LogP contribution in [-0.2, 0) is 13.1 Å². The summed E-state index contributed by atoms with van der Waals surface area (Å²) in [4.78, 5) is 44.6. The van der Waals surface area contributed by atoms with Crippen molar-refractivity contribution in [3.05, 3.63) is 86.3 Å². The normalized spacial score (nSPS) is 15.3. The average Bonchev–Trinajstić information content (AvgIpc) is 3.34. The number of benzene rings is 2. The first-order valence-corrected chi connectivity index (χ1v) is 13.8. The number of nitrogens with zero attached hydrogens (tertiary/aromatic N) is 7. The predicted octanol–water partition coefficient (Wildman–Crippen LogP) is 2.91. The highest BCUT2D eigenvalue weighted by Gasteiger charge is 2.27. The number of aryl methyl sites for hydroxylation is 2. The molecule has 2 N–H and O–H groups in total. The number of imidazole rings is 1. The van der Waals surface area contributed by atoms with Crippen molar-refractivity contribution in [1.29, 1.82) is 0 Å². The van der Waals surface area contributed by atoms with E-state index in [1.807, 2.05) is 66.9 Å². The van der Waals surface area contributed by atoms with Crippen molar-refractivity contribution in [3.8, 4) is 17.5 Å². The molecule has 1 saturated heterocycles. The molecule has 1 aliphatic heterocycles. The summed E-state index contributed by atoms with van der Waals surface area (Å²) in [5.74, 6) is 6.63. The Balaban J connectivity index is 1.60. The topological polar surface area (TPSA) is 117 Å². The lowest BCUT2D eigenvalue weighted by molar-refractivity contribution is 0.496. The maximum atomic E-state index is 14.2. The van der Waals surface area contributed by atoms with Gasteiger partial charge in [-0.1, -0.05) is 30.2 Å². The van der Waals surface area contributed by atoms with E-state index in [1.54, 1.807) is 6.92 Å². The summed E-state index contributed by atoms with van der Waals surface area (Å²) in [5, 5.41) is 0. The van der Waals surface area contributed by atoms with Gasteiger partial charge in [-0.3, -0.25) is 13.9 Å². The van der Waals surface area contributed by atoms with E-state index < -0.39 is 11.2 Å². The maximum absolute atomic E-state index is 14.2. The number of aromatic nitrogens is 6. The highest BCUT2D eigenvalue weighted by Crippen LogP contribution is 2.25. The molecule has 6 rings (SSSR count). The minimum Gasteiger partial charge on any atom is -0.341 e. The molecule has 0 radical (unpaired) electrons. The molecule has 0 amide bonds. The van der Waals surface area contributed by atoms with E-state index in [-0.39, 0.29) is 19.1 Å². The number of hydrogen-bond donors (Lipinski definition) is 1. The van der Waals surface area contributed by atoms with Gasteiger partial charge in [-0.25, -0.2) is 19.3 Å². The van der Waals surface area contributed by atoms with Gasteiger partial charge in [0.25, 0.3) is 5.56 Å². The fraction of sp³-hybridized carbons (Fsp3) is 0.323. The Hall–Kier alpha value is -4.75. The van der Waals surface area contributed by atoms with E-state index in [9.17, 15) is 9.59 Å². The van der Waals surface area contributed by atoms with Crippen molar-refractivity contribution in [3.63, 3.8) is 0 Å². The number of fused-ring (bicyclic) bond motifs is 2. The maximum Gasteiger partial charge on any atom is 0.337 e. The molecule has 0 saturated carbocycles.